The number of aryl methyl sites for hydroxylation is 1. The van der Waals surface area contributed by atoms with E-state index in [1.165, 1.54) is 0 Å². The smallest absolute Gasteiger partial charge is 0.339 e. The number of rotatable bonds is 7. The average molecular weight is 412 g/mol. The van der Waals surface area contributed by atoms with E-state index >= 15 is 0 Å². The predicted octanol–water partition coefficient (Wildman–Crippen LogP) is 5.18. The summed E-state index contributed by atoms with van der Waals surface area (Å²) in [6, 6.07) is 24.9. The Kier molecular flexibility index (Phi) is 6.28. The third kappa shape index (κ3) is 5.11. The van der Waals surface area contributed by atoms with Gasteiger partial charge in [0.2, 0.25) is 0 Å². The highest BCUT2D eigenvalue weighted by molar-refractivity contribution is 6.00. The zero-order chi connectivity index (χ0) is 21.5. The number of anilines is 1. The number of carbonyl (C=O) groups excluding carboxylic acids is 1. The maximum atomic E-state index is 12.0. The minimum absolute atomic E-state index is 0.391. The first-order chi connectivity index (χ1) is 15.2. The lowest BCUT2D eigenvalue weighted by molar-refractivity contribution is 0.252. The number of para-hydroxylation sites is 3. The highest BCUT2D eigenvalue weighted by Gasteiger charge is 2.07. The Bertz CT molecular complexity index is 1200. The van der Waals surface area contributed by atoms with Gasteiger partial charge in [-0.3, -0.25) is 0 Å². The number of nitrogens with one attached hydrogen (secondary N) is 2. The number of aromatic nitrogens is 1. The number of urea groups is 1. The number of amides is 2. The third-order valence-electron chi connectivity index (χ3n) is 4.90. The van der Waals surface area contributed by atoms with Crippen LogP contribution in [0.1, 0.15) is 11.1 Å². The lowest BCUT2D eigenvalue weighted by Gasteiger charge is -2.10. The van der Waals surface area contributed by atoms with Crippen LogP contribution in [0.2, 0.25) is 0 Å². The molecule has 0 bridgehead atoms. The topological polar surface area (TPSA) is 67.6 Å². The first-order valence-corrected chi connectivity index (χ1v) is 10.1. The number of fused-ring (bicyclic) bond motifs is 1. The Morgan fingerprint density at radius 1 is 1.00 bits per heavy atom. The molecule has 156 valence electrons. The fraction of sp³-hybridized carbons (Fsp3) is 0.120. The molecule has 2 N–H and O–H groups in total. The van der Waals surface area contributed by atoms with Gasteiger partial charge in [-0.2, -0.15) is 5.10 Å². The highest BCUT2D eigenvalue weighted by atomic mass is 16.5. The van der Waals surface area contributed by atoms with E-state index in [9.17, 15) is 4.79 Å². The minimum Gasteiger partial charge on any atom is -0.491 e. The van der Waals surface area contributed by atoms with Crippen molar-refractivity contribution in [2.45, 2.75) is 13.5 Å². The van der Waals surface area contributed by atoms with Crippen molar-refractivity contribution < 1.29 is 9.53 Å². The van der Waals surface area contributed by atoms with Gasteiger partial charge in [-0.1, -0.05) is 54.6 Å². The standard InChI is InChI=1S/C25H24N4O2/c1-19-9-5-8-14-24(19)31-16-15-29-18-20(22-12-6-7-13-23(22)29)17-26-28-25(30)27-21-10-3-2-4-11-21/h2-14,17-18H,15-16H2,1H3,(H2,27,28,30)/b26-17-. The normalized spacial score (nSPS) is 11.0. The van der Waals surface area contributed by atoms with Gasteiger partial charge in [-0.05, 0) is 36.8 Å². The minimum atomic E-state index is -0.391. The van der Waals surface area contributed by atoms with Gasteiger partial charge in [0.1, 0.15) is 12.4 Å². The summed E-state index contributed by atoms with van der Waals surface area (Å²) in [7, 11) is 0. The molecule has 1 heterocycles. The summed E-state index contributed by atoms with van der Waals surface area (Å²) in [5.41, 5.74) is 6.35. The summed E-state index contributed by atoms with van der Waals surface area (Å²) in [5.74, 6) is 0.898. The monoisotopic (exact) mass is 412 g/mol. The van der Waals surface area contributed by atoms with Crippen LogP contribution in [0.25, 0.3) is 10.9 Å². The van der Waals surface area contributed by atoms with Gasteiger partial charge >= 0.3 is 6.03 Å². The quantitative estimate of drug-likeness (QED) is 0.324. The van der Waals surface area contributed by atoms with Crippen LogP contribution in [-0.4, -0.2) is 23.4 Å². The van der Waals surface area contributed by atoms with Crippen molar-refractivity contribution in [3.8, 4) is 5.75 Å². The van der Waals surface area contributed by atoms with Gasteiger partial charge < -0.3 is 14.6 Å². The molecule has 1 aromatic heterocycles. The van der Waals surface area contributed by atoms with Crippen LogP contribution in [-0.2, 0) is 6.54 Å². The first kappa shape index (κ1) is 20.2. The molecule has 4 aromatic rings. The molecule has 0 aliphatic rings. The molecule has 2 amide bonds. The number of hydrogen-bond acceptors (Lipinski definition) is 3. The average Bonchev–Trinajstić information content (AvgIpc) is 3.14. The van der Waals surface area contributed by atoms with Crippen LogP contribution >= 0.6 is 0 Å². The van der Waals surface area contributed by atoms with Crippen molar-refractivity contribution in [3.63, 3.8) is 0 Å². The van der Waals surface area contributed by atoms with Crippen molar-refractivity contribution in [3.05, 3.63) is 96.2 Å². The van der Waals surface area contributed by atoms with E-state index in [0.29, 0.717) is 18.8 Å². The van der Waals surface area contributed by atoms with Gasteiger partial charge in [0.05, 0.1) is 12.8 Å². The Hall–Kier alpha value is -4.06. The van der Waals surface area contributed by atoms with Crippen molar-refractivity contribution in [2.24, 2.45) is 5.10 Å². The van der Waals surface area contributed by atoms with Crippen LogP contribution in [0.5, 0.6) is 5.75 Å². The molecule has 3 aromatic carbocycles. The van der Waals surface area contributed by atoms with E-state index in [4.69, 9.17) is 4.74 Å². The maximum Gasteiger partial charge on any atom is 0.339 e. The number of nitrogens with zero attached hydrogens (tertiary/aromatic N) is 2. The van der Waals surface area contributed by atoms with Crippen LogP contribution in [0.15, 0.2) is 90.2 Å². The Morgan fingerprint density at radius 3 is 2.58 bits per heavy atom. The highest BCUT2D eigenvalue weighted by Crippen LogP contribution is 2.21. The molecule has 31 heavy (non-hydrogen) atoms. The van der Waals surface area contributed by atoms with Gasteiger partial charge in [0.25, 0.3) is 0 Å². The van der Waals surface area contributed by atoms with Crippen LogP contribution in [0.4, 0.5) is 10.5 Å². The Balaban J connectivity index is 1.42. The number of carbonyl (C=O) groups is 1. The van der Waals surface area contributed by atoms with Crippen LogP contribution < -0.4 is 15.5 Å². The molecule has 0 saturated carbocycles. The lowest BCUT2D eigenvalue weighted by Crippen LogP contribution is -2.24. The van der Waals surface area contributed by atoms with Crippen molar-refractivity contribution in [1.29, 1.82) is 0 Å². The van der Waals surface area contributed by atoms with Gasteiger partial charge in [-0.25, -0.2) is 10.2 Å². The zero-order valence-electron chi connectivity index (χ0n) is 17.3. The van der Waals surface area contributed by atoms with E-state index in [-0.39, 0.29) is 0 Å². The molecule has 0 aliphatic heterocycles. The molecule has 0 unspecified atom stereocenters. The molecule has 6 heteroatoms. The SMILES string of the molecule is Cc1ccccc1OCCn1cc(/C=N\NC(=O)Nc2ccccc2)c2ccccc21. The molecule has 0 fully saturated rings. The summed E-state index contributed by atoms with van der Waals surface area (Å²) in [6.07, 6.45) is 3.68. The molecule has 0 atom stereocenters. The second kappa shape index (κ2) is 9.63. The summed E-state index contributed by atoms with van der Waals surface area (Å²) < 4.78 is 8.09. The molecule has 0 spiro atoms. The molecule has 0 radical (unpaired) electrons. The third-order valence-corrected chi connectivity index (χ3v) is 4.90. The molecule has 0 saturated heterocycles. The summed E-state index contributed by atoms with van der Waals surface area (Å²) >= 11 is 0. The van der Waals surface area contributed by atoms with E-state index in [1.807, 2.05) is 85.9 Å². The Morgan fingerprint density at radius 2 is 1.74 bits per heavy atom. The molecular formula is C25H24N4O2. The zero-order valence-corrected chi connectivity index (χ0v) is 17.3. The van der Waals surface area contributed by atoms with E-state index < -0.39 is 6.03 Å². The molecule has 0 aliphatic carbocycles. The van der Waals surface area contributed by atoms with Crippen LogP contribution in [0, 0.1) is 6.92 Å². The summed E-state index contributed by atoms with van der Waals surface area (Å²) in [6.45, 7) is 3.29. The largest absolute Gasteiger partial charge is 0.491 e. The van der Waals surface area contributed by atoms with Crippen molar-refractivity contribution in [1.82, 2.24) is 9.99 Å². The van der Waals surface area contributed by atoms with E-state index in [2.05, 4.69) is 26.5 Å². The summed E-state index contributed by atoms with van der Waals surface area (Å²) in [5, 5.41) is 7.90. The van der Waals surface area contributed by atoms with Gasteiger partial charge in [0.15, 0.2) is 0 Å². The fourth-order valence-corrected chi connectivity index (χ4v) is 3.38. The van der Waals surface area contributed by atoms with E-state index in [1.54, 1.807) is 6.21 Å². The summed E-state index contributed by atoms with van der Waals surface area (Å²) in [4.78, 5) is 12.0. The van der Waals surface area contributed by atoms with Crippen LogP contribution in [0.3, 0.4) is 0 Å². The number of ether oxygens (including phenoxy) is 1. The predicted molar refractivity (Wildman–Crippen MR) is 125 cm³/mol. The second-order valence-corrected chi connectivity index (χ2v) is 7.10. The number of benzene rings is 3. The van der Waals surface area contributed by atoms with Crippen molar-refractivity contribution >= 4 is 28.8 Å². The first-order valence-electron chi connectivity index (χ1n) is 10.1. The van der Waals surface area contributed by atoms with Gasteiger partial charge in [-0.15, -0.1) is 0 Å². The molecule has 4 rings (SSSR count). The number of hydrogen-bond donors (Lipinski definition) is 2. The maximum absolute atomic E-state index is 12.0. The fourth-order valence-electron chi connectivity index (χ4n) is 3.38. The Labute approximate surface area is 181 Å². The van der Waals surface area contributed by atoms with Gasteiger partial charge in [0, 0.05) is 28.4 Å². The second-order valence-electron chi connectivity index (χ2n) is 7.10. The van der Waals surface area contributed by atoms with Crippen molar-refractivity contribution in [2.75, 3.05) is 11.9 Å². The molecule has 6 nitrogen and oxygen atoms in total. The van der Waals surface area contributed by atoms with E-state index in [0.717, 1.165) is 27.8 Å². The lowest BCUT2D eigenvalue weighted by atomic mass is 10.2. The molecular weight excluding hydrogens is 388 g/mol. The number of hydrazone groups is 1.